The number of ether oxygens (including phenoxy) is 1. The summed E-state index contributed by atoms with van der Waals surface area (Å²) < 4.78 is 21.6. The van der Waals surface area contributed by atoms with Gasteiger partial charge in [-0.2, -0.15) is 0 Å². The van der Waals surface area contributed by atoms with Crippen LogP contribution in [0, 0.1) is 18.2 Å². The lowest BCUT2D eigenvalue weighted by atomic mass is 10.1. The number of terminal acetylenes is 1. The average molecular weight is 339 g/mol. The molecule has 0 atom stereocenters. The first-order chi connectivity index (χ1) is 10.6. The molecule has 3 rings (SSSR count). The van der Waals surface area contributed by atoms with Crippen LogP contribution in [0.25, 0.3) is 11.3 Å². The first-order valence-corrected chi connectivity index (χ1v) is 7.68. The molecular weight excluding hydrogens is 326 g/mol. The van der Waals surface area contributed by atoms with Gasteiger partial charge in [-0.15, -0.1) is 6.42 Å². The first kappa shape index (κ1) is 15.2. The highest BCUT2D eigenvalue weighted by molar-refractivity contribution is 6.33. The van der Waals surface area contributed by atoms with Crippen LogP contribution in [0.15, 0.2) is 12.1 Å². The lowest BCUT2D eigenvalue weighted by Crippen LogP contribution is -2.10. The van der Waals surface area contributed by atoms with Gasteiger partial charge >= 0.3 is 0 Å². The quantitative estimate of drug-likeness (QED) is 0.778. The topological polar surface area (TPSA) is 27.1 Å². The lowest BCUT2D eigenvalue weighted by Gasteiger charge is -2.13. The standard InChI is InChI=1S/C16H13Cl2FN2O/c1-2-7-22-13-8-10(12(19)9-11(13)17)15-16(18)21-6-4-3-5-14(21)20-15/h1,8-9H,3-7H2. The maximum atomic E-state index is 14.3. The van der Waals surface area contributed by atoms with Crippen LogP contribution in [0.4, 0.5) is 4.39 Å². The zero-order valence-electron chi connectivity index (χ0n) is 11.7. The van der Waals surface area contributed by atoms with Crippen molar-refractivity contribution in [1.29, 1.82) is 0 Å². The number of halogens is 3. The highest BCUT2D eigenvalue weighted by atomic mass is 35.5. The fourth-order valence-electron chi connectivity index (χ4n) is 2.56. The number of aromatic nitrogens is 2. The summed E-state index contributed by atoms with van der Waals surface area (Å²) in [6.07, 6.45) is 8.12. The summed E-state index contributed by atoms with van der Waals surface area (Å²) in [4.78, 5) is 4.48. The van der Waals surface area contributed by atoms with E-state index >= 15 is 0 Å². The summed E-state index contributed by atoms with van der Waals surface area (Å²) >= 11 is 12.3. The molecule has 1 aromatic heterocycles. The Balaban J connectivity index is 2.08. The Labute approximate surface area is 138 Å². The van der Waals surface area contributed by atoms with Crippen LogP contribution in [0.5, 0.6) is 5.75 Å². The summed E-state index contributed by atoms with van der Waals surface area (Å²) in [7, 11) is 0. The van der Waals surface area contributed by atoms with E-state index in [-0.39, 0.29) is 17.2 Å². The van der Waals surface area contributed by atoms with Crippen LogP contribution in [-0.2, 0) is 13.0 Å². The van der Waals surface area contributed by atoms with Gasteiger partial charge in [0.05, 0.1) is 5.02 Å². The molecule has 114 valence electrons. The van der Waals surface area contributed by atoms with Gasteiger partial charge in [-0.25, -0.2) is 9.37 Å². The maximum absolute atomic E-state index is 14.3. The number of hydrogen-bond acceptors (Lipinski definition) is 2. The largest absolute Gasteiger partial charge is 0.479 e. The number of rotatable bonds is 3. The van der Waals surface area contributed by atoms with E-state index in [2.05, 4.69) is 10.9 Å². The van der Waals surface area contributed by atoms with E-state index in [1.807, 2.05) is 4.57 Å². The minimum atomic E-state index is -0.490. The van der Waals surface area contributed by atoms with Crippen molar-refractivity contribution in [3.63, 3.8) is 0 Å². The molecule has 0 amide bonds. The predicted octanol–water partition coefficient (Wildman–Crippen LogP) is 4.34. The van der Waals surface area contributed by atoms with Gasteiger partial charge in [0.25, 0.3) is 0 Å². The minimum Gasteiger partial charge on any atom is -0.479 e. The van der Waals surface area contributed by atoms with Crippen LogP contribution >= 0.6 is 23.2 Å². The first-order valence-electron chi connectivity index (χ1n) is 6.92. The molecule has 0 aliphatic carbocycles. The van der Waals surface area contributed by atoms with Gasteiger partial charge in [-0.1, -0.05) is 29.1 Å². The SMILES string of the molecule is C#CCOc1cc(-c2nc3n(c2Cl)CCCC3)c(F)cc1Cl. The summed E-state index contributed by atoms with van der Waals surface area (Å²) in [5.41, 5.74) is 0.682. The zero-order valence-corrected chi connectivity index (χ0v) is 13.2. The molecule has 0 unspecified atom stereocenters. The Bertz CT molecular complexity index is 764. The second-order valence-corrected chi connectivity index (χ2v) is 5.80. The van der Waals surface area contributed by atoms with Crippen LogP contribution in [-0.4, -0.2) is 16.2 Å². The Kier molecular flexibility index (Phi) is 4.28. The molecule has 0 N–H and O–H groups in total. The lowest BCUT2D eigenvalue weighted by molar-refractivity contribution is 0.370. The number of imidazole rings is 1. The molecule has 0 fully saturated rings. The fourth-order valence-corrected chi connectivity index (χ4v) is 3.09. The Morgan fingerprint density at radius 1 is 1.36 bits per heavy atom. The molecule has 22 heavy (non-hydrogen) atoms. The molecule has 0 bridgehead atoms. The summed E-state index contributed by atoms with van der Waals surface area (Å²) in [6.45, 7) is 0.856. The molecule has 0 saturated heterocycles. The van der Waals surface area contributed by atoms with Crippen molar-refractivity contribution in [2.24, 2.45) is 0 Å². The molecule has 6 heteroatoms. The third-order valence-corrected chi connectivity index (χ3v) is 4.28. The zero-order chi connectivity index (χ0) is 15.7. The minimum absolute atomic E-state index is 0.0538. The molecule has 1 aromatic carbocycles. The second-order valence-electron chi connectivity index (χ2n) is 5.03. The van der Waals surface area contributed by atoms with Crippen molar-refractivity contribution in [2.75, 3.05) is 6.61 Å². The van der Waals surface area contributed by atoms with Gasteiger partial charge in [-0.3, -0.25) is 0 Å². The summed E-state index contributed by atoms with van der Waals surface area (Å²) in [6, 6.07) is 2.69. The molecular formula is C16H13Cl2FN2O. The van der Waals surface area contributed by atoms with Crippen molar-refractivity contribution < 1.29 is 9.13 Å². The van der Waals surface area contributed by atoms with E-state index in [4.69, 9.17) is 34.4 Å². The Morgan fingerprint density at radius 3 is 2.91 bits per heavy atom. The van der Waals surface area contributed by atoms with Crippen LogP contribution < -0.4 is 4.74 Å². The van der Waals surface area contributed by atoms with E-state index in [9.17, 15) is 4.39 Å². The van der Waals surface area contributed by atoms with Crippen molar-refractivity contribution in [2.45, 2.75) is 25.8 Å². The average Bonchev–Trinajstić information content (AvgIpc) is 2.84. The van der Waals surface area contributed by atoms with Gasteiger partial charge in [0, 0.05) is 18.5 Å². The maximum Gasteiger partial charge on any atom is 0.148 e. The van der Waals surface area contributed by atoms with Gasteiger partial charge < -0.3 is 9.30 Å². The smallest absolute Gasteiger partial charge is 0.148 e. The van der Waals surface area contributed by atoms with Crippen LogP contribution in [0.1, 0.15) is 18.7 Å². The van der Waals surface area contributed by atoms with Crippen molar-refractivity contribution in [1.82, 2.24) is 9.55 Å². The third kappa shape index (κ3) is 2.67. The monoisotopic (exact) mass is 338 g/mol. The molecule has 1 aliphatic heterocycles. The third-order valence-electron chi connectivity index (χ3n) is 3.60. The summed E-state index contributed by atoms with van der Waals surface area (Å²) in [5, 5.41) is 0.607. The van der Waals surface area contributed by atoms with E-state index in [0.29, 0.717) is 16.6 Å². The van der Waals surface area contributed by atoms with E-state index in [0.717, 1.165) is 31.6 Å². The molecule has 3 nitrogen and oxygen atoms in total. The Morgan fingerprint density at radius 2 is 2.18 bits per heavy atom. The van der Waals surface area contributed by atoms with Crippen molar-refractivity contribution >= 4 is 23.2 Å². The van der Waals surface area contributed by atoms with Crippen molar-refractivity contribution in [3.8, 4) is 29.4 Å². The number of aryl methyl sites for hydroxylation is 1. The predicted molar refractivity (Wildman–Crippen MR) is 84.9 cm³/mol. The number of hydrogen-bond donors (Lipinski definition) is 0. The molecule has 1 aliphatic rings. The van der Waals surface area contributed by atoms with Gasteiger partial charge in [0.15, 0.2) is 0 Å². The van der Waals surface area contributed by atoms with E-state index < -0.39 is 5.82 Å². The van der Waals surface area contributed by atoms with E-state index in [1.165, 1.54) is 12.1 Å². The molecule has 0 saturated carbocycles. The summed E-state index contributed by atoms with van der Waals surface area (Å²) in [5.74, 6) is 3.06. The molecule has 0 radical (unpaired) electrons. The van der Waals surface area contributed by atoms with Crippen molar-refractivity contribution in [3.05, 3.63) is 34.0 Å². The normalized spacial score (nSPS) is 13.5. The number of nitrogens with zero attached hydrogens (tertiary/aromatic N) is 2. The Hall–Kier alpha value is -1.70. The van der Waals surface area contributed by atoms with Crippen LogP contribution in [0.2, 0.25) is 10.2 Å². The number of benzene rings is 1. The second kappa shape index (κ2) is 6.20. The van der Waals surface area contributed by atoms with Gasteiger partial charge in [-0.05, 0) is 25.0 Å². The molecule has 2 aromatic rings. The fraction of sp³-hybridized carbons (Fsp3) is 0.312. The van der Waals surface area contributed by atoms with E-state index in [1.54, 1.807) is 0 Å². The highest BCUT2D eigenvalue weighted by Gasteiger charge is 2.22. The van der Waals surface area contributed by atoms with Gasteiger partial charge in [0.1, 0.15) is 34.8 Å². The van der Waals surface area contributed by atoms with Gasteiger partial charge in [0.2, 0.25) is 0 Å². The highest BCUT2D eigenvalue weighted by Crippen LogP contribution is 2.37. The molecule has 2 heterocycles. The molecule has 0 spiro atoms. The number of fused-ring (bicyclic) bond motifs is 1. The van der Waals surface area contributed by atoms with Crippen LogP contribution in [0.3, 0.4) is 0 Å².